The van der Waals surface area contributed by atoms with Crippen molar-refractivity contribution in [2.24, 2.45) is 0 Å². The predicted octanol–water partition coefficient (Wildman–Crippen LogP) is 2.33. The number of benzene rings is 1. The Morgan fingerprint density at radius 2 is 1.93 bits per heavy atom. The average Bonchev–Trinajstić information content (AvgIpc) is 3.14. The van der Waals surface area contributed by atoms with Crippen LogP contribution in [0.1, 0.15) is 0 Å². The number of carbonyl (C=O) groups is 1. The summed E-state index contributed by atoms with van der Waals surface area (Å²) in [5.41, 5.74) is 1.21. The summed E-state index contributed by atoms with van der Waals surface area (Å²) in [5.74, 6) is 0.633. The lowest BCUT2D eigenvalue weighted by Crippen LogP contribution is -2.26. The second-order valence-corrected chi connectivity index (χ2v) is 6.65. The van der Waals surface area contributed by atoms with E-state index < -0.39 is 5.97 Å². The normalized spacial score (nSPS) is 10.8. The number of thiophene rings is 1. The van der Waals surface area contributed by atoms with E-state index in [4.69, 9.17) is 18.9 Å². The maximum absolute atomic E-state index is 13.0. The lowest BCUT2D eigenvalue weighted by molar-refractivity contribution is -0.145. The third-order valence-corrected chi connectivity index (χ3v) is 4.99. The number of hydrogen-bond donors (Lipinski definition) is 0. The highest BCUT2D eigenvalue weighted by Gasteiger charge is 2.16. The van der Waals surface area contributed by atoms with Gasteiger partial charge in [-0.2, -0.15) is 0 Å². The molecule has 0 saturated heterocycles. The highest BCUT2D eigenvalue weighted by atomic mass is 32.1. The predicted molar refractivity (Wildman–Crippen MR) is 105 cm³/mol. The van der Waals surface area contributed by atoms with Crippen LogP contribution in [0.15, 0.2) is 34.7 Å². The number of carbonyl (C=O) groups excluding carboxylic acids is 1. The molecule has 3 aromatic rings. The number of esters is 1. The molecule has 0 N–H and O–H groups in total. The van der Waals surface area contributed by atoms with E-state index in [2.05, 4.69) is 4.98 Å². The van der Waals surface area contributed by atoms with Crippen molar-refractivity contribution in [3.8, 4) is 22.6 Å². The van der Waals surface area contributed by atoms with E-state index in [9.17, 15) is 9.59 Å². The maximum Gasteiger partial charge on any atom is 0.326 e. The molecular formula is C19H20N2O6S. The summed E-state index contributed by atoms with van der Waals surface area (Å²) in [6.45, 7) is 0.216. The minimum absolute atomic E-state index is 0.134. The van der Waals surface area contributed by atoms with Crippen molar-refractivity contribution < 1.29 is 23.7 Å². The molecule has 0 aliphatic heterocycles. The van der Waals surface area contributed by atoms with Crippen LogP contribution in [0.2, 0.25) is 0 Å². The van der Waals surface area contributed by atoms with Gasteiger partial charge in [0, 0.05) is 18.1 Å². The lowest BCUT2D eigenvalue weighted by atomic mass is 10.1. The zero-order chi connectivity index (χ0) is 20.1. The summed E-state index contributed by atoms with van der Waals surface area (Å²) in [5, 5.41) is 2.31. The fraction of sp³-hybridized carbons (Fsp3) is 0.316. The Balaban J connectivity index is 1.97. The summed E-state index contributed by atoms with van der Waals surface area (Å²) in [6, 6.07) is 5.43. The minimum Gasteiger partial charge on any atom is -0.493 e. The third-order valence-electron chi connectivity index (χ3n) is 4.11. The molecule has 9 heteroatoms. The van der Waals surface area contributed by atoms with E-state index in [1.165, 1.54) is 29.3 Å². The van der Waals surface area contributed by atoms with Crippen molar-refractivity contribution >= 4 is 27.5 Å². The first-order valence-corrected chi connectivity index (χ1v) is 9.30. The molecule has 148 valence electrons. The molecule has 0 spiro atoms. The number of aromatic nitrogens is 2. The molecule has 3 rings (SSSR count). The molecule has 0 radical (unpaired) electrons. The van der Waals surface area contributed by atoms with Crippen LogP contribution in [0.3, 0.4) is 0 Å². The summed E-state index contributed by atoms with van der Waals surface area (Å²) >= 11 is 1.36. The monoisotopic (exact) mass is 404 g/mol. The van der Waals surface area contributed by atoms with Crippen LogP contribution in [0.4, 0.5) is 0 Å². The number of fused-ring (bicyclic) bond motifs is 1. The van der Waals surface area contributed by atoms with E-state index in [0.29, 0.717) is 28.3 Å². The fourth-order valence-electron chi connectivity index (χ4n) is 2.72. The van der Waals surface area contributed by atoms with E-state index in [1.807, 2.05) is 11.4 Å². The van der Waals surface area contributed by atoms with Gasteiger partial charge in [0.1, 0.15) is 18.0 Å². The highest BCUT2D eigenvalue weighted by molar-refractivity contribution is 7.17. The van der Waals surface area contributed by atoms with Crippen molar-refractivity contribution in [1.29, 1.82) is 0 Å². The molecule has 0 amide bonds. The molecule has 1 aromatic carbocycles. The standard InChI is InChI=1S/C19H20N2O6S/c1-24-6-7-27-16(22)9-21-11-20-18-17(19(21)23)13(10-28-18)12-4-5-14(25-2)15(8-12)26-3/h4-5,8,10-11H,6-7,9H2,1-3H3. The fourth-order valence-corrected chi connectivity index (χ4v) is 3.63. The first-order valence-electron chi connectivity index (χ1n) is 8.42. The first-order chi connectivity index (χ1) is 13.6. The van der Waals surface area contributed by atoms with Crippen molar-refractivity contribution in [1.82, 2.24) is 9.55 Å². The lowest BCUT2D eigenvalue weighted by Gasteiger charge is -2.10. The van der Waals surface area contributed by atoms with E-state index in [-0.39, 0.29) is 18.7 Å². The van der Waals surface area contributed by atoms with Crippen molar-refractivity contribution in [3.05, 3.63) is 40.3 Å². The highest BCUT2D eigenvalue weighted by Crippen LogP contribution is 2.36. The maximum atomic E-state index is 13.0. The number of ether oxygens (including phenoxy) is 4. The van der Waals surface area contributed by atoms with Crippen LogP contribution in [-0.4, -0.2) is 50.1 Å². The Hall–Kier alpha value is -2.91. The molecule has 0 unspecified atom stereocenters. The zero-order valence-corrected chi connectivity index (χ0v) is 16.6. The largest absolute Gasteiger partial charge is 0.493 e. The molecule has 0 fully saturated rings. The SMILES string of the molecule is COCCOC(=O)Cn1cnc2scc(-c3ccc(OC)c(OC)c3)c2c1=O. The molecule has 0 saturated carbocycles. The summed E-state index contributed by atoms with van der Waals surface area (Å²) in [6.07, 6.45) is 1.36. The van der Waals surface area contributed by atoms with Gasteiger partial charge in [-0.25, -0.2) is 4.98 Å². The second-order valence-electron chi connectivity index (χ2n) is 5.79. The third kappa shape index (κ3) is 4.00. The number of methoxy groups -OCH3 is 3. The zero-order valence-electron chi connectivity index (χ0n) is 15.8. The molecule has 8 nitrogen and oxygen atoms in total. The van der Waals surface area contributed by atoms with E-state index in [1.54, 1.807) is 26.4 Å². The van der Waals surface area contributed by atoms with Gasteiger partial charge in [0.15, 0.2) is 11.5 Å². The Morgan fingerprint density at radius 3 is 2.64 bits per heavy atom. The van der Waals surface area contributed by atoms with Crippen LogP contribution >= 0.6 is 11.3 Å². The van der Waals surface area contributed by atoms with E-state index in [0.717, 1.165) is 11.1 Å². The second kappa shape index (κ2) is 8.85. The van der Waals surface area contributed by atoms with Gasteiger partial charge in [0.2, 0.25) is 0 Å². The van der Waals surface area contributed by atoms with Gasteiger partial charge in [-0.3, -0.25) is 14.2 Å². The van der Waals surface area contributed by atoms with Gasteiger partial charge >= 0.3 is 5.97 Å². The first kappa shape index (κ1) is 19.8. The number of rotatable bonds is 8. The Kier molecular flexibility index (Phi) is 6.27. The van der Waals surface area contributed by atoms with Gasteiger partial charge < -0.3 is 18.9 Å². The van der Waals surface area contributed by atoms with Crippen molar-refractivity contribution in [3.63, 3.8) is 0 Å². The van der Waals surface area contributed by atoms with Gasteiger partial charge in [-0.05, 0) is 17.7 Å². The van der Waals surface area contributed by atoms with Crippen LogP contribution in [-0.2, 0) is 20.8 Å². The molecule has 0 aliphatic rings. The molecule has 2 heterocycles. The van der Waals surface area contributed by atoms with Crippen LogP contribution in [0.25, 0.3) is 21.3 Å². The quantitative estimate of drug-likeness (QED) is 0.420. The van der Waals surface area contributed by atoms with Crippen molar-refractivity contribution in [2.45, 2.75) is 6.54 Å². The van der Waals surface area contributed by atoms with Gasteiger partial charge in [-0.1, -0.05) is 6.07 Å². The molecule has 0 atom stereocenters. The topological polar surface area (TPSA) is 88.9 Å². The number of hydrogen-bond acceptors (Lipinski definition) is 8. The average molecular weight is 404 g/mol. The molecule has 0 bridgehead atoms. The van der Waals surface area contributed by atoms with Crippen molar-refractivity contribution in [2.75, 3.05) is 34.5 Å². The van der Waals surface area contributed by atoms with Gasteiger partial charge in [0.05, 0.1) is 32.5 Å². The smallest absolute Gasteiger partial charge is 0.326 e. The van der Waals surface area contributed by atoms with Crippen LogP contribution < -0.4 is 15.0 Å². The van der Waals surface area contributed by atoms with Gasteiger partial charge in [-0.15, -0.1) is 11.3 Å². The Morgan fingerprint density at radius 1 is 1.14 bits per heavy atom. The van der Waals surface area contributed by atoms with E-state index >= 15 is 0 Å². The molecule has 28 heavy (non-hydrogen) atoms. The Labute approximate surface area is 165 Å². The summed E-state index contributed by atoms with van der Waals surface area (Å²) in [7, 11) is 4.63. The number of nitrogens with zero attached hydrogens (tertiary/aromatic N) is 2. The molecular weight excluding hydrogens is 384 g/mol. The summed E-state index contributed by atoms with van der Waals surface area (Å²) in [4.78, 5) is 29.8. The summed E-state index contributed by atoms with van der Waals surface area (Å²) < 4.78 is 21.7. The molecule has 2 aromatic heterocycles. The minimum atomic E-state index is -0.525. The Bertz CT molecular complexity index is 1040. The van der Waals surface area contributed by atoms with Gasteiger partial charge in [0.25, 0.3) is 5.56 Å². The van der Waals surface area contributed by atoms with Crippen LogP contribution in [0.5, 0.6) is 11.5 Å². The van der Waals surface area contributed by atoms with Crippen LogP contribution in [0, 0.1) is 0 Å². The molecule has 0 aliphatic carbocycles.